The lowest BCUT2D eigenvalue weighted by atomic mass is 10.1. The molecule has 0 aromatic carbocycles. The minimum Gasteiger partial charge on any atom is -0.461 e. The highest BCUT2D eigenvalue weighted by Gasteiger charge is 2.21. The van der Waals surface area contributed by atoms with Crippen molar-refractivity contribution in [3.63, 3.8) is 0 Å². The molecule has 1 heterocycles. The van der Waals surface area contributed by atoms with E-state index in [-0.39, 0.29) is 44.0 Å². The number of carbonyl (C=O) groups excluding carboxylic acids is 4. The molecule has 11 nitrogen and oxygen atoms in total. The summed E-state index contributed by atoms with van der Waals surface area (Å²) in [5.41, 5.74) is 0.371. The Morgan fingerprint density at radius 2 is 1.46 bits per heavy atom. The van der Waals surface area contributed by atoms with E-state index < -0.39 is 30.2 Å². The summed E-state index contributed by atoms with van der Waals surface area (Å²) in [6.07, 6.45) is 11.1. The van der Waals surface area contributed by atoms with Gasteiger partial charge >= 0.3 is 24.1 Å². The number of aryl methyl sites for hydroxylation is 2. The second-order valence-corrected chi connectivity index (χ2v) is 9.22. The van der Waals surface area contributed by atoms with Crippen LogP contribution in [0.25, 0.3) is 0 Å². The van der Waals surface area contributed by atoms with Crippen molar-refractivity contribution < 1.29 is 47.4 Å². The van der Waals surface area contributed by atoms with Gasteiger partial charge in [0.05, 0.1) is 13.0 Å². The molecule has 1 unspecified atom stereocenters. The Hall–Kier alpha value is -3.63. The Bertz CT molecular complexity index is 955. The summed E-state index contributed by atoms with van der Waals surface area (Å²) < 4.78 is 29.0. The molecule has 0 spiro atoms. The van der Waals surface area contributed by atoms with Crippen molar-refractivity contribution >= 4 is 24.1 Å². The molecule has 1 aromatic rings. The van der Waals surface area contributed by atoms with Crippen molar-refractivity contribution in [3.8, 4) is 0 Å². The van der Waals surface area contributed by atoms with Crippen LogP contribution in [0.5, 0.6) is 0 Å². The van der Waals surface area contributed by atoms with Gasteiger partial charge < -0.3 is 23.7 Å². The molecule has 1 aromatic heterocycles. The van der Waals surface area contributed by atoms with E-state index in [9.17, 15) is 19.2 Å². The molecule has 0 fully saturated rings. The number of imidazole rings is 1. The molecule has 0 N–H and O–H groups in total. The van der Waals surface area contributed by atoms with Gasteiger partial charge in [-0.05, 0) is 26.7 Å². The predicted octanol–water partition coefficient (Wildman–Crippen LogP) is 3.83. The fourth-order valence-electron chi connectivity index (χ4n) is 3.22. The third-order valence-electron chi connectivity index (χ3n) is 5.42. The molecule has 0 saturated heterocycles. The van der Waals surface area contributed by atoms with Gasteiger partial charge in [0, 0.05) is 11.1 Å². The van der Waals surface area contributed by atoms with Gasteiger partial charge in [-0.15, -0.1) is 0 Å². The first-order chi connectivity index (χ1) is 18.6. The van der Waals surface area contributed by atoms with E-state index in [0.29, 0.717) is 6.54 Å². The Morgan fingerprint density at radius 3 is 2.15 bits per heavy atom. The molecule has 0 radical (unpaired) electrons. The molecular weight excluding hydrogens is 508 g/mol. The van der Waals surface area contributed by atoms with Crippen LogP contribution in [0.15, 0.2) is 43.0 Å². The molecule has 0 aliphatic carbocycles. The zero-order chi connectivity index (χ0) is 29.0. The third-order valence-corrected chi connectivity index (χ3v) is 5.42. The second kappa shape index (κ2) is 19.4. The van der Waals surface area contributed by atoms with E-state index in [4.69, 9.17) is 23.7 Å². The molecule has 0 amide bonds. The highest BCUT2D eigenvalue weighted by molar-refractivity contribution is 5.87. The van der Waals surface area contributed by atoms with Crippen LogP contribution in [0.4, 0.5) is 4.79 Å². The molecule has 11 heteroatoms. The SMILES string of the molecule is C=C(C)C(=O)OCCOC(=O)OC(COC(=O)CCn1cc[n+](CCCCCCCC)c1)COC(=O)C(=C)C. The number of unbranched alkanes of at least 4 members (excludes halogenated alkanes) is 5. The van der Waals surface area contributed by atoms with Gasteiger partial charge in [-0.25, -0.2) is 23.5 Å². The zero-order valence-corrected chi connectivity index (χ0v) is 23.5. The first kappa shape index (κ1) is 33.4. The van der Waals surface area contributed by atoms with Crippen LogP contribution in [0, 0.1) is 0 Å². The number of esters is 3. The van der Waals surface area contributed by atoms with E-state index in [1.807, 2.05) is 23.3 Å². The van der Waals surface area contributed by atoms with Crippen molar-refractivity contribution in [3.05, 3.63) is 43.0 Å². The van der Waals surface area contributed by atoms with Crippen LogP contribution in [0.2, 0.25) is 0 Å². The maximum absolute atomic E-state index is 12.3. The van der Waals surface area contributed by atoms with E-state index in [1.54, 1.807) is 0 Å². The number of hydrogen-bond donors (Lipinski definition) is 0. The standard InChI is InChI=1S/C28H43N2O9/c1-6-7-8-9-10-11-13-29-15-16-30(21-29)14-12-25(31)37-19-24(20-38-27(33)23(4)5)39-28(34)36-18-17-35-26(32)22(2)3/h15-16,21,24H,2,4,6-14,17-20H2,1,3,5H3/q+1. The Morgan fingerprint density at radius 1 is 0.846 bits per heavy atom. The first-order valence-electron chi connectivity index (χ1n) is 13.3. The van der Waals surface area contributed by atoms with Crippen LogP contribution in [0.1, 0.15) is 65.7 Å². The first-order valence-corrected chi connectivity index (χ1v) is 13.3. The Balaban J connectivity index is 2.44. The summed E-state index contributed by atoms with van der Waals surface area (Å²) in [5.74, 6) is -1.81. The Kier molecular flexibility index (Phi) is 16.6. The van der Waals surface area contributed by atoms with Crippen molar-refractivity contribution in [2.75, 3.05) is 26.4 Å². The topological polar surface area (TPSA) is 123 Å². The molecule has 39 heavy (non-hydrogen) atoms. The molecular formula is C28H43N2O9+. The van der Waals surface area contributed by atoms with Crippen molar-refractivity contribution in [1.29, 1.82) is 0 Å². The van der Waals surface area contributed by atoms with Crippen LogP contribution in [-0.2, 0) is 51.2 Å². The van der Waals surface area contributed by atoms with E-state index in [1.165, 1.54) is 46.0 Å². The summed E-state index contributed by atoms with van der Waals surface area (Å²) in [4.78, 5) is 47.4. The minimum atomic E-state index is -1.10. The zero-order valence-electron chi connectivity index (χ0n) is 23.5. The number of rotatable bonds is 20. The minimum absolute atomic E-state index is 0.0997. The van der Waals surface area contributed by atoms with Gasteiger partial charge in [-0.2, -0.15) is 0 Å². The second-order valence-electron chi connectivity index (χ2n) is 9.22. The number of nitrogens with zero attached hydrogens (tertiary/aromatic N) is 2. The fraction of sp³-hybridized carbons (Fsp3) is 0.607. The summed E-state index contributed by atoms with van der Waals surface area (Å²) in [6.45, 7) is 12.3. The fourth-order valence-corrected chi connectivity index (χ4v) is 3.22. The van der Waals surface area contributed by atoms with Crippen molar-refractivity contribution in [2.24, 2.45) is 0 Å². The van der Waals surface area contributed by atoms with Crippen LogP contribution in [-0.4, -0.2) is 61.2 Å². The summed E-state index contributed by atoms with van der Waals surface area (Å²) in [6, 6.07) is 0. The van der Waals surface area contributed by atoms with Crippen molar-refractivity contribution in [1.82, 2.24) is 4.57 Å². The summed E-state index contributed by atoms with van der Waals surface area (Å²) in [7, 11) is 0. The molecule has 0 saturated carbocycles. The van der Waals surface area contributed by atoms with E-state index >= 15 is 0 Å². The summed E-state index contributed by atoms with van der Waals surface area (Å²) in [5, 5.41) is 0. The van der Waals surface area contributed by atoms with Crippen LogP contribution < -0.4 is 4.57 Å². The average molecular weight is 552 g/mol. The van der Waals surface area contributed by atoms with Gasteiger partial charge in [0.25, 0.3) is 0 Å². The third kappa shape index (κ3) is 16.0. The molecule has 1 atom stereocenters. The smallest absolute Gasteiger partial charge is 0.461 e. The highest BCUT2D eigenvalue weighted by atomic mass is 16.7. The largest absolute Gasteiger partial charge is 0.508 e. The molecule has 0 aliphatic rings. The number of carbonyl (C=O) groups is 4. The molecule has 0 bridgehead atoms. The molecule has 1 rings (SSSR count). The number of aromatic nitrogens is 2. The normalized spacial score (nSPS) is 11.3. The monoisotopic (exact) mass is 551 g/mol. The lowest BCUT2D eigenvalue weighted by Crippen LogP contribution is -2.32. The molecule has 218 valence electrons. The van der Waals surface area contributed by atoms with E-state index in [0.717, 1.165) is 13.0 Å². The van der Waals surface area contributed by atoms with Crippen molar-refractivity contribution in [2.45, 2.75) is 84.9 Å². The summed E-state index contributed by atoms with van der Waals surface area (Å²) >= 11 is 0. The van der Waals surface area contributed by atoms with Gasteiger partial charge in [0.1, 0.15) is 45.4 Å². The quantitative estimate of drug-likeness (QED) is 0.0782. The van der Waals surface area contributed by atoms with Gasteiger partial charge in [0.15, 0.2) is 6.10 Å². The van der Waals surface area contributed by atoms with E-state index in [2.05, 4.69) is 24.6 Å². The van der Waals surface area contributed by atoms with Gasteiger partial charge in [0.2, 0.25) is 6.33 Å². The van der Waals surface area contributed by atoms with Gasteiger partial charge in [-0.1, -0.05) is 45.8 Å². The lowest BCUT2D eigenvalue weighted by Gasteiger charge is -2.17. The van der Waals surface area contributed by atoms with Crippen LogP contribution >= 0.6 is 0 Å². The number of ether oxygens (including phenoxy) is 5. The number of hydrogen-bond acceptors (Lipinski definition) is 9. The average Bonchev–Trinajstić information content (AvgIpc) is 3.36. The maximum atomic E-state index is 12.3. The highest BCUT2D eigenvalue weighted by Crippen LogP contribution is 2.06. The maximum Gasteiger partial charge on any atom is 0.508 e. The van der Waals surface area contributed by atoms with Crippen LogP contribution in [0.3, 0.4) is 0 Å². The lowest BCUT2D eigenvalue weighted by molar-refractivity contribution is -0.696. The Labute approximate surface area is 230 Å². The predicted molar refractivity (Wildman–Crippen MR) is 141 cm³/mol. The molecule has 0 aliphatic heterocycles. The van der Waals surface area contributed by atoms with Gasteiger partial charge in [-0.3, -0.25) is 4.79 Å².